The third kappa shape index (κ3) is 6.27. The van der Waals surface area contributed by atoms with Crippen molar-refractivity contribution in [2.24, 2.45) is 5.92 Å². The monoisotopic (exact) mass is 366 g/mol. The molecule has 0 aromatic heterocycles. The molecule has 0 aliphatic rings. The van der Waals surface area contributed by atoms with Gasteiger partial charge in [-0.15, -0.1) is 0 Å². The van der Waals surface area contributed by atoms with Crippen LogP contribution >= 0.6 is 0 Å². The molecule has 1 rings (SSSR count). The number of hydrogen-bond donors (Lipinski definition) is 3. The van der Waals surface area contributed by atoms with Crippen LogP contribution in [0.15, 0.2) is 18.2 Å². The molecule has 0 aliphatic carbocycles. The van der Waals surface area contributed by atoms with E-state index >= 15 is 0 Å². The Kier molecular flexibility index (Phi) is 7.89. The molecule has 26 heavy (non-hydrogen) atoms. The highest BCUT2D eigenvalue weighted by Gasteiger charge is 2.24. The van der Waals surface area contributed by atoms with Crippen LogP contribution in [0.2, 0.25) is 0 Å². The van der Waals surface area contributed by atoms with Crippen molar-refractivity contribution in [3.63, 3.8) is 0 Å². The number of ether oxygens (including phenoxy) is 2. The van der Waals surface area contributed by atoms with E-state index in [9.17, 15) is 19.5 Å². The highest BCUT2D eigenvalue weighted by Crippen LogP contribution is 2.28. The van der Waals surface area contributed by atoms with E-state index in [0.29, 0.717) is 5.75 Å². The van der Waals surface area contributed by atoms with Crippen molar-refractivity contribution >= 4 is 17.8 Å². The lowest BCUT2D eigenvalue weighted by Crippen LogP contribution is -2.44. The van der Waals surface area contributed by atoms with E-state index in [4.69, 9.17) is 9.47 Å². The standard InChI is InChI=1S/C18H26N2O6/c1-10(2)16(18(23)24)20-17(22)12-6-7-13(14(8-12)25-5)26-9-15(21)19-11(3)4/h6-8,10-11,16H,9H2,1-5H3,(H,19,21)(H,20,22)(H,23,24)/t16-/m1/s1. The molecule has 1 aromatic rings. The fourth-order valence-electron chi connectivity index (χ4n) is 2.17. The van der Waals surface area contributed by atoms with E-state index in [1.807, 2.05) is 13.8 Å². The summed E-state index contributed by atoms with van der Waals surface area (Å²) in [6.45, 7) is 6.91. The number of carboxylic acid groups (broad SMARTS) is 1. The van der Waals surface area contributed by atoms with Crippen LogP contribution in [-0.4, -0.2) is 48.7 Å². The number of benzene rings is 1. The number of carbonyl (C=O) groups excluding carboxylic acids is 2. The molecule has 1 atom stereocenters. The maximum Gasteiger partial charge on any atom is 0.326 e. The first-order chi connectivity index (χ1) is 12.1. The molecule has 0 aliphatic heterocycles. The first-order valence-corrected chi connectivity index (χ1v) is 8.29. The van der Waals surface area contributed by atoms with Crippen molar-refractivity contribution in [2.75, 3.05) is 13.7 Å². The highest BCUT2D eigenvalue weighted by atomic mass is 16.5. The van der Waals surface area contributed by atoms with Crippen LogP contribution in [0.1, 0.15) is 38.1 Å². The molecule has 3 N–H and O–H groups in total. The SMILES string of the molecule is COc1cc(C(=O)N[C@@H](C(=O)O)C(C)C)ccc1OCC(=O)NC(C)C. The number of methoxy groups -OCH3 is 1. The van der Waals surface area contributed by atoms with Crippen LogP contribution in [0.3, 0.4) is 0 Å². The zero-order valence-electron chi connectivity index (χ0n) is 15.7. The van der Waals surface area contributed by atoms with Crippen LogP contribution < -0.4 is 20.1 Å². The highest BCUT2D eigenvalue weighted by molar-refractivity contribution is 5.97. The van der Waals surface area contributed by atoms with Crippen LogP contribution in [-0.2, 0) is 9.59 Å². The molecular weight excluding hydrogens is 340 g/mol. The van der Waals surface area contributed by atoms with Gasteiger partial charge in [0.1, 0.15) is 6.04 Å². The predicted octanol–water partition coefficient (Wildman–Crippen LogP) is 1.44. The van der Waals surface area contributed by atoms with Gasteiger partial charge < -0.3 is 25.2 Å². The summed E-state index contributed by atoms with van der Waals surface area (Å²) >= 11 is 0. The molecule has 0 spiro atoms. The van der Waals surface area contributed by atoms with Crippen molar-refractivity contribution in [1.82, 2.24) is 10.6 Å². The average Bonchev–Trinajstić information content (AvgIpc) is 2.56. The molecule has 0 fully saturated rings. The lowest BCUT2D eigenvalue weighted by Gasteiger charge is -2.18. The lowest BCUT2D eigenvalue weighted by atomic mass is 10.0. The van der Waals surface area contributed by atoms with Gasteiger partial charge in [-0.3, -0.25) is 9.59 Å². The average molecular weight is 366 g/mol. The van der Waals surface area contributed by atoms with E-state index in [1.54, 1.807) is 13.8 Å². The molecule has 0 unspecified atom stereocenters. The maximum absolute atomic E-state index is 12.3. The molecule has 0 saturated carbocycles. The minimum Gasteiger partial charge on any atom is -0.493 e. The van der Waals surface area contributed by atoms with E-state index < -0.39 is 17.9 Å². The van der Waals surface area contributed by atoms with Gasteiger partial charge in [0.15, 0.2) is 18.1 Å². The predicted molar refractivity (Wildman–Crippen MR) is 95.5 cm³/mol. The van der Waals surface area contributed by atoms with Crippen molar-refractivity contribution in [3.8, 4) is 11.5 Å². The fraction of sp³-hybridized carbons (Fsp3) is 0.500. The number of amides is 2. The second-order valence-electron chi connectivity index (χ2n) is 6.41. The second-order valence-corrected chi connectivity index (χ2v) is 6.41. The Balaban J connectivity index is 2.85. The van der Waals surface area contributed by atoms with E-state index in [0.717, 1.165) is 0 Å². The summed E-state index contributed by atoms with van der Waals surface area (Å²) in [7, 11) is 1.41. The van der Waals surface area contributed by atoms with Crippen LogP contribution in [0.5, 0.6) is 11.5 Å². The second kappa shape index (κ2) is 9.65. The molecule has 0 heterocycles. The molecule has 1 aromatic carbocycles. The van der Waals surface area contributed by atoms with Crippen molar-refractivity contribution < 1.29 is 29.0 Å². The van der Waals surface area contributed by atoms with Gasteiger partial charge in [0.2, 0.25) is 0 Å². The molecule has 144 valence electrons. The summed E-state index contributed by atoms with van der Waals surface area (Å²) < 4.78 is 10.6. The molecule has 0 saturated heterocycles. The first kappa shape index (κ1) is 21.3. The Labute approximate surface area is 152 Å². The number of hydrogen-bond acceptors (Lipinski definition) is 5. The number of rotatable bonds is 9. The Morgan fingerprint density at radius 1 is 1.08 bits per heavy atom. The quantitative estimate of drug-likeness (QED) is 0.609. The zero-order valence-corrected chi connectivity index (χ0v) is 15.7. The number of carbonyl (C=O) groups is 3. The Hall–Kier alpha value is -2.77. The molecule has 8 heteroatoms. The largest absolute Gasteiger partial charge is 0.493 e. The molecule has 2 amide bonds. The minimum atomic E-state index is -1.10. The summed E-state index contributed by atoms with van der Waals surface area (Å²) in [5.41, 5.74) is 0.229. The summed E-state index contributed by atoms with van der Waals surface area (Å²) in [6.07, 6.45) is 0. The summed E-state index contributed by atoms with van der Waals surface area (Å²) in [6, 6.07) is 3.42. The van der Waals surface area contributed by atoms with E-state index in [1.165, 1.54) is 25.3 Å². The zero-order chi connectivity index (χ0) is 19.9. The third-order valence-electron chi connectivity index (χ3n) is 3.45. The Morgan fingerprint density at radius 2 is 1.73 bits per heavy atom. The Bertz CT molecular complexity index is 657. The normalized spacial score (nSPS) is 11.8. The summed E-state index contributed by atoms with van der Waals surface area (Å²) in [4.78, 5) is 35.2. The molecular formula is C18H26N2O6. The van der Waals surface area contributed by atoms with Gasteiger partial charge in [0, 0.05) is 11.6 Å². The van der Waals surface area contributed by atoms with Gasteiger partial charge in [-0.25, -0.2) is 4.79 Å². The van der Waals surface area contributed by atoms with E-state index in [2.05, 4.69) is 10.6 Å². The Morgan fingerprint density at radius 3 is 2.23 bits per heavy atom. The van der Waals surface area contributed by atoms with Gasteiger partial charge in [0.25, 0.3) is 11.8 Å². The van der Waals surface area contributed by atoms with Crippen molar-refractivity contribution in [3.05, 3.63) is 23.8 Å². The van der Waals surface area contributed by atoms with Crippen molar-refractivity contribution in [2.45, 2.75) is 39.8 Å². The van der Waals surface area contributed by atoms with Crippen LogP contribution in [0, 0.1) is 5.92 Å². The topological polar surface area (TPSA) is 114 Å². The molecule has 8 nitrogen and oxygen atoms in total. The first-order valence-electron chi connectivity index (χ1n) is 8.29. The summed E-state index contributed by atoms with van der Waals surface area (Å²) in [5, 5.41) is 14.3. The molecule has 0 bridgehead atoms. The maximum atomic E-state index is 12.3. The van der Waals surface area contributed by atoms with E-state index in [-0.39, 0.29) is 35.8 Å². The lowest BCUT2D eigenvalue weighted by molar-refractivity contribution is -0.140. The fourth-order valence-corrected chi connectivity index (χ4v) is 2.17. The number of nitrogens with one attached hydrogen (secondary N) is 2. The van der Waals surface area contributed by atoms with Gasteiger partial charge >= 0.3 is 5.97 Å². The number of carboxylic acids is 1. The summed E-state index contributed by atoms with van der Waals surface area (Å²) in [5.74, 6) is -1.59. The number of aliphatic carboxylic acids is 1. The van der Waals surface area contributed by atoms with Gasteiger partial charge in [0.05, 0.1) is 7.11 Å². The van der Waals surface area contributed by atoms with Crippen LogP contribution in [0.4, 0.5) is 0 Å². The third-order valence-corrected chi connectivity index (χ3v) is 3.45. The van der Waals surface area contributed by atoms with Crippen molar-refractivity contribution in [1.29, 1.82) is 0 Å². The van der Waals surface area contributed by atoms with Gasteiger partial charge in [-0.2, -0.15) is 0 Å². The smallest absolute Gasteiger partial charge is 0.326 e. The van der Waals surface area contributed by atoms with Gasteiger partial charge in [-0.05, 0) is 38.0 Å². The minimum absolute atomic E-state index is 0.00204. The molecule has 0 radical (unpaired) electrons. The van der Waals surface area contributed by atoms with Crippen LogP contribution in [0.25, 0.3) is 0 Å². The van der Waals surface area contributed by atoms with Gasteiger partial charge in [-0.1, -0.05) is 13.8 Å².